The molecule has 106 valence electrons. The highest BCUT2D eigenvalue weighted by molar-refractivity contribution is 5.95. The van der Waals surface area contributed by atoms with Crippen molar-refractivity contribution < 1.29 is 9.53 Å². The summed E-state index contributed by atoms with van der Waals surface area (Å²) in [5.74, 6) is 0.0138. The zero-order valence-electron chi connectivity index (χ0n) is 11.2. The second-order valence-corrected chi connectivity index (χ2v) is 4.78. The van der Waals surface area contributed by atoms with Gasteiger partial charge in [-0.1, -0.05) is 0 Å². The third-order valence-electron chi connectivity index (χ3n) is 3.30. The van der Waals surface area contributed by atoms with Crippen LogP contribution in [0.2, 0.25) is 0 Å². The van der Waals surface area contributed by atoms with Crippen LogP contribution in [0.5, 0.6) is 0 Å². The van der Waals surface area contributed by atoms with Crippen LogP contribution in [0.25, 0.3) is 0 Å². The van der Waals surface area contributed by atoms with Crippen molar-refractivity contribution in [3.05, 3.63) is 24.0 Å². The molecule has 0 bridgehead atoms. The topological polar surface area (TPSA) is 63.2 Å². The van der Waals surface area contributed by atoms with Crippen molar-refractivity contribution in [2.45, 2.75) is 13.3 Å². The van der Waals surface area contributed by atoms with E-state index in [-0.39, 0.29) is 18.3 Å². The van der Waals surface area contributed by atoms with Crippen LogP contribution in [-0.2, 0) is 9.53 Å². The van der Waals surface area contributed by atoms with Crippen LogP contribution in [-0.4, -0.2) is 37.7 Å². The number of aryl methyl sites for hydroxylation is 1. The molecule has 0 spiro atoms. The SMILES string of the molecule is COCC1(C(=O)Nc2ccnc(C)c2)CCNC1.Cl. The lowest BCUT2D eigenvalue weighted by Gasteiger charge is -2.25. The van der Waals surface area contributed by atoms with E-state index in [0.717, 1.165) is 24.3 Å². The van der Waals surface area contributed by atoms with E-state index in [2.05, 4.69) is 15.6 Å². The quantitative estimate of drug-likeness (QED) is 0.877. The Morgan fingerprint density at radius 2 is 2.42 bits per heavy atom. The number of amides is 1. The lowest BCUT2D eigenvalue weighted by Crippen LogP contribution is -2.41. The molecular formula is C13H20ClN3O2. The van der Waals surface area contributed by atoms with Gasteiger partial charge in [-0.05, 0) is 32.0 Å². The Kier molecular flexibility index (Phi) is 5.72. The molecule has 0 aromatic carbocycles. The highest BCUT2D eigenvalue weighted by Gasteiger charge is 2.41. The first kappa shape index (κ1) is 15.9. The van der Waals surface area contributed by atoms with Crippen LogP contribution in [0.1, 0.15) is 12.1 Å². The number of nitrogens with one attached hydrogen (secondary N) is 2. The number of rotatable bonds is 4. The molecule has 1 atom stereocenters. The van der Waals surface area contributed by atoms with Crippen molar-refractivity contribution in [2.24, 2.45) is 5.41 Å². The Labute approximate surface area is 119 Å². The molecule has 1 fully saturated rings. The molecule has 1 amide bonds. The van der Waals surface area contributed by atoms with E-state index >= 15 is 0 Å². The van der Waals surface area contributed by atoms with Gasteiger partial charge in [-0.2, -0.15) is 0 Å². The lowest BCUT2D eigenvalue weighted by atomic mass is 9.87. The molecule has 2 heterocycles. The van der Waals surface area contributed by atoms with E-state index in [1.807, 2.05) is 13.0 Å². The Balaban J connectivity index is 0.00000180. The summed E-state index contributed by atoms with van der Waals surface area (Å²) in [6.45, 7) is 3.86. The second-order valence-electron chi connectivity index (χ2n) is 4.78. The summed E-state index contributed by atoms with van der Waals surface area (Å²) >= 11 is 0. The maximum atomic E-state index is 12.4. The molecule has 1 aliphatic rings. The first-order chi connectivity index (χ1) is 8.66. The zero-order chi connectivity index (χ0) is 13.0. The first-order valence-corrected chi connectivity index (χ1v) is 6.10. The number of hydrogen-bond acceptors (Lipinski definition) is 4. The third kappa shape index (κ3) is 3.65. The van der Waals surface area contributed by atoms with Gasteiger partial charge in [0.25, 0.3) is 0 Å². The standard InChI is InChI=1S/C13H19N3O2.ClH/c1-10-7-11(3-5-15-10)16-12(17)13(9-18-2)4-6-14-8-13;/h3,5,7,14H,4,6,8-9H2,1-2H3,(H,15,16,17);1H. The van der Waals surface area contributed by atoms with Crippen molar-refractivity contribution in [3.8, 4) is 0 Å². The summed E-state index contributed by atoms with van der Waals surface area (Å²) in [5, 5.41) is 6.17. The second kappa shape index (κ2) is 6.84. The minimum Gasteiger partial charge on any atom is -0.384 e. The van der Waals surface area contributed by atoms with Gasteiger partial charge in [-0.15, -0.1) is 12.4 Å². The number of aromatic nitrogens is 1. The predicted octanol–water partition coefficient (Wildman–Crippen LogP) is 1.38. The van der Waals surface area contributed by atoms with Crippen molar-refractivity contribution >= 4 is 24.0 Å². The molecule has 1 aliphatic heterocycles. The Hall–Kier alpha value is -1.17. The Morgan fingerprint density at radius 3 is 3.00 bits per heavy atom. The monoisotopic (exact) mass is 285 g/mol. The molecular weight excluding hydrogens is 266 g/mol. The van der Waals surface area contributed by atoms with Gasteiger partial charge in [0.1, 0.15) is 0 Å². The Bertz CT molecular complexity index is 434. The van der Waals surface area contributed by atoms with Gasteiger partial charge in [-0.25, -0.2) is 0 Å². The van der Waals surface area contributed by atoms with Crippen molar-refractivity contribution in [3.63, 3.8) is 0 Å². The molecule has 1 aromatic rings. The molecule has 1 aromatic heterocycles. The summed E-state index contributed by atoms with van der Waals surface area (Å²) in [4.78, 5) is 16.5. The highest BCUT2D eigenvalue weighted by Crippen LogP contribution is 2.27. The Morgan fingerprint density at radius 1 is 1.63 bits per heavy atom. The zero-order valence-corrected chi connectivity index (χ0v) is 12.0. The smallest absolute Gasteiger partial charge is 0.234 e. The van der Waals surface area contributed by atoms with E-state index in [9.17, 15) is 4.79 Å². The van der Waals surface area contributed by atoms with E-state index in [1.165, 1.54) is 0 Å². The fraction of sp³-hybridized carbons (Fsp3) is 0.538. The highest BCUT2D eigenvalue weighted by atomic mass is 35.5. The summed E-state index contributed by atoms with van der Waals surface area (Å²) in [6.07, 6.45) is 2.50. The van der Waals surface area contributed by atoms with E-state index in [1.54, 1.807) is 19.4 Å². The van der Waals surface area contributed by atoms with Gasteiger partial charge >= 0.3 is 0 Å². The predicted molar refractivity (Wildman–Crippen MR) is 76.6 cm³/mol. The van der Waals surface area contributed by atoms with E-state index in [4.69, 9.17) is 4.74 Å². The van der Waals surface area contributed by atoms with Gasteiger partial charge in [0.2, 0.25) is 5.91 Å². The average Bonchev–Trinajstić information content (AvgIpc) is 2.79. The van der Waals surface area contributed by atoms with Crippen molar-refractivity contribution in [1.82, 2.24) is 10.3 Å². The molecule has 5 nitrogen and oxygen atoms in total. The maximum Gasteiger partial charge on any atom is 0.234 e. The first-order valence-electron chi connectivity index (χ1n) is 6.10. The molecule has 19 heavy (non-hydrogen) atoms. The van der Waals surface area contributed by atoms with Crippen LogP contribution < -0.4 is 10.6 Å². The molecule has 0 saturated carbocycles. The van der Waals surface area contributed by atoms with E-state index in [0.29, 0.717) is 13.2 Å². The number of halogens is 1. The van der Waals surface area contributed by atoms with Gasteiger partial charge in [-0.3, -0.25) is 9.78 Å². The fourth-order valence-corrected chi connectivity index (χ4v) is 2.29. The van der Waals surface area contributed by atoms with Crippen molar-refractivity contribution in [1.29, 1.82) is 0 Å². The molecule has 0 aliphatic carbocycles. The van der Waals surface area contributed by atoms with Crippen LogP contribution in [0.4, 0.5) is 5.69 Å². The van der Waals surface area contributed by atoms with Crippen LogP contribution in [0.15, 0.2) is 18.3 Å². The average molecular weight is 286 g/mol. The molecule has 1 unspecified atom stereocenters. The van der Waals surface area contributed by atoms with Gasteiger partial charge in [0, 0.05) is 31.2 Å². The normalized spacial score (nSPS) is 21.8. The fourth-order valence-electron chi connectivity index (χ4n) is 2.29. The van der Waals surface area contributed by atoms with E-state index < -0.39 is 5.41 Å². The lowest BCUT2D eigenvalue weighted by molar-refractivity contribution is -0.127. The number of pyridine rings is 1. The molecule has 2 N–H and O–H groups in total. The summed E-state index contributed by atoms with van der Waals surface area (Å²) in [5.41, 5.74) is 1.22. The molecule has 1 saturated heterocycles. The molecule has 0 radical (unpaired) electrons. The largest absolute Gasteiger partial charge is 0.384 e. The van der Waals surface area contributed by atoms with Crippen LogP contribution in [0, 0.1) is 12.3 Å². The van der Waals surface area contributed by atoms with Crippen LogP contribution in [0.3, 0.4) is 0 Å². The summed E-state index contributed by atoms with van der Waals surface area (Å²) in [7, 11) is 1.63. The number of hydrogen-bond donors (Lipinski definition) is 2. The third-order valence-corrected chi connectivity index (χ3v) is 3.30. The minimum atomic E-state index is -0.452. The van der Waals surface area contributed by atoms with Crippen LogP contribution >= 0.6 is 12.4 Å². The minimum absolute atomic E-state index is 0. The molecule has 6 heteroatoms. The van der Waals surface area contributed by atoms with Gasteiger partial charge in [0.15, 0.2) is 0 Å². The number of carbonyl (C=O) groups excluding carboxylic acids is 1. The number of anilines is 1. The van der Waals surface area contributed by atoms with Crippen molar-refractivity contribution in [2.75, 3.05) is 32.1 Å². The van der Waals surface area contributed by atoms with Gasteiger partial charge in [0.05, 0.1) is 12.0 Å². The number of carbonyl (C=O) groups is 1. The number of ether oxygens (including phenoxy) is 1. The molecule has 2 rings (SSSR count). The maximum absolute atomic E-state index is 12.4. The number of methoxy groups -OCH3 is 1. The summed E-state index contributed by atoms with van der Waals surface area (Å²) < 4.78 is 5.20. The number of nitrogens with zero attached hydrogens (tertiary/aromatic N) is 1. The van der Waals surface area contributed by atoms with Gasteiger partial charge < -0.3 is 15.4 Å². The summed E-state index contributed by atoms with van der Waals surface area (Å²) in [6, 6.07) is 3.66.